The van der Waals surface area contributed by atoms with E-state index in [1.807, 2.05) is 0 Å². The first-order valence-corrected chi connectivity index (χ1v) is 5.69. The smallest absolute Gasteiger partial charge is 0.316 e. The van der Waals surface area contributed by atoms with E-state index in [0.717, 1.165) is 10.0 Å². The minimum absolute atomic E-state index is 0.193. The number of ketones is 1. The van der Waals surface area contributed by atoms with Crippen LogP contribution in [-0.2, 0) is 16.0 Å². The molecule has 0 unspecified atom stereocenters. The summed E-state index contributed by atoms with van der Waals surface area (Å²) in [6.07, 6.45) is 4.35. The lowest BCUT2D eigenvalue weighted by Crippen LogP contribution is -2.30. The van der Waals surface area contributed by atoms with Crippen LogP contribution in [0.25, 0.3) is 0 Å². The van der Waals surface area contributed by atoms with Crippen molar-refractivity contribution in [1.82, 2.24) is 4.98 Å². The second-order valence-corrected chi connectivity index (χ2v) is 4.48. The first-order valence-electron chi connectivity index (χ1n) is 4.89. The van der Waals surface area contributed by atoms with Crippen molar-refractivity contribution in [2.24, 2.45) is 5.92 Å². The van der Waals surface area contributed by atoms with E-state index in [1.54, 1.807) is 6.20 Å². The van der Waals surface area contributed by atoms with E-state index in [2.05, 4.69) is 25.7 Å². The number of ether oxygens (including phenoxy) is 1. The number of aromatic nitrogens is 1. The van der Waals surface area contributed by atoms with Crippen molar-refractivity contribution in [3.63, 3.8) is 0 Å². The SMILES string of the molecule is COC(=O)[C@@H]1CCc2c(Br)cncc2C1=O. The van der Waals surface area contributed by atoms with Crippen molar-refractivity contribution in [2.45, 2.75) is 12.8 Å². The van der Waals surface area contributed by atoms with Crippen molar-refractivity contribution in [3.8, 4) is 0 Å². The molecule has 0 aromatic carbocycles. The van der Waals surface area contributed by atoms with Crippen LogP contribution in [0.3, 0.4) is 0 Å². The van der Waals surface area contributed by atoms with Gasteiger partial charge in [-0.1, -0.05) is 0 Å². The lowest BCUT2D eigenvalue weighted by Gasteiger charge is -2.21. The summed E-state index contributed by atoms with van der Waals surface area (Å²) in [5.41, 5.74) is 1.45. The summed E-state index contributed by atoms with van der Waals surface area (Å²) >= 11 is 3.35. The summed E-state index contributed by atoms with van der Waals surface area (Å²) < 4.78 is 5.43. The van der Waals surface area contributed by atoms with E-state index < -0.39 is 11.9 Å². The van der Waals surface area contributed by atoms with Crippen molar-refractivity contribution in [1.29, 1.82) is 0 Å². The number of fused-ring (bicyclic) bond motifs is 1. The van der Waals surface area contributed by atoms with Gasteiger partial charge in [-0.2, -0.15) is 0 Å². The summed E-state index contributed by atoms with van der Waals surface area (Å²) in [4.78, 5) is 27.4. The van der Waals surface area contributed by atoms with Gasteiger partial charge in [0.15, 0.2) is 5.78 Å². The molecule has 1 aliphatic carbocycles. The molecule has 0 N–H and O–H groups in total. The Morgan fingerprint density at radius 1 is 1.56 bits per heavy atom. The molecule has 0 radical (unpaired) electrons. The Balaban J connectivity index is 2.40. The first-order chi connectivity index (χ1) is 7.65. The van der Waals surface area contributed by atoms with Gasteiger partial charge in [0.05, 0.1) is 7.11 Å². The van der Waals surface area contributed by atoms with Gasteiger partial charge in [0.25, 0.3) is 0 Å². The molecule has 0 saturated carbocycles. The normalized spacial score (nSPS) is 19.1. The second kappa shape index (κ2) is 4.33. The zero-order valence-corrected chi connectivity index (χ0v) is 10.3. The molecule has 1 aromatic heterocycles. The third kappa shape index (κ3) is 1.75. The first kappa shape index (κ1) is 11.3. The molecular formula is C11H10BrNO3. The van der Waals surface area contributed by atoms with E-state index in [1.165, 1.54) is 13.3 Å². The lowest BCUT2D eigenvalue weighted by molar-refractivity contribution is -0.143. The fourth-order valence-corrected chi connectivity index (χ4v) is 2.43. The van der Waals surface area contributed by atoms with Crippen molar-refractivity contribution in [3.05, 3.63) is 28.0 Å². The van der Waals surface area contributed by atoms with Gasteiger partial charge in [-0.15, -0.1) is 0 Å². The van der Waals surface area contributed by atoms with Gasteiger partial charge in [0.2, 0.25) is 0 Å². The highest BCUT2D eigenvalue weighted by Gasteiger charge is 2.34. The fraction of sp³-hybridized carbons (Fsp3) is 0.364. The number of methoxy groups -OCH3 is 1. The monoisotopic (exact) mass is 283 g/mol. The molecule has 1 aliphatic rings. The van der Waals surface area contributed by atoms with Gasteiger partial charge < -0.3 is 4.74 Å². The third-order valence-electron chi connectivity index (χ3n) is 2.76. The Morgan fingerprint density at radius 2 is 2.31 bits per heavy atom. The third-order valence-corrected chi connectivity index (χ3v) is 3.44. The Kier molecular flexibility index (Phi) is 3.05. The summed E-state index contributed by atoms with van der Waals surface area (Å²) in [6, 6.07) is 0. The number of carbonyl (C=O) groups excluding carboxylic acids is 2. The Bertz CT molecular complexity index is 459. The second-order valence-electron chi connectivity index (χ2n) is 3.63. The molecule has 0 amide bonds. The van der Waals surface area contributed by atoms with Crippen LogP contribution >= 0.6 is 15.9 Å². The van der Waals surface area contributed by atoms with Crippen LogP contribution in [0.1, 0.15) is 22.3 Å². The maximum atomic E-state index is 12.0. The molecule has 1 aromatic rings. The van der Waals surface area contributed by atoms with Gasteiger partial charge in [0, 0.05) is 22.4 Å². The average Bonchev–Trinajstić information content (AvgIpc) is 2.30. The zero-order valence-electron chi connectivity index (χ0n) is 8.70. The highest BCUT2D eigenvalue weighted by molar-refractivity contribution is 9.10. The van der Waals surface area contributed by atoms with E-state index in [9.17, 15) is 9.59 Å². The van der Waals surface area contributed by atoms with Crippen molar-refractivity contribution in [2.75, 3.05) is 7.11 Å². The number of pyridine rings is 1. The highest BCUT2D eigenvalue weighted by Crippen LogP contribution is 2.30. The molecule has 1 atom stereocenters. The molecule has 0 fully saturated rings. The van der Waals surface area contributed by atoms with Crippen LogP contribution in [0.4, 0.5) is 0 Å². The van der Waals surface area contributed by atoms with E-state index in [0.29, 0.717) is 18.4 Å². The van der Waals surface area contributed by atoms with E-state index in [-0.39, 0.29) is 5.78 Å². The Morgan fingerprint density at radius 3 is 3.00 bits per heavy atom. The van der Waals surface area contributed by atoms with Gasteiger partial charge in [-0.05, 0) is 34.3 Å². The number of nitrogens with zero attached hydrogens (tertiary/aromatic N) is 1. The number of rotatable bonds is 1. The van der Waals surface area contributed by atoms with Crippen molar-refractivity contribution >= 4 is 27.7 Å². The molecule has 0 bridgehead atoms. The molecular weight excluding hydrogens is 274 g/mol. The summed E-state index contributed by atoms with van der Waals surface area (Å²) in [5, 5.41) is 0. The van der Waals surface area contributed by atoms with Crippen LogP contribution in [0, 0.1) is 5.92 Å². The van der Waals surface area contributed by atoms with Gasteiger partial charge in [0.1, 0.15) is 5.92 Å². The number of halogens is 1. The quantitative estimate of drug-likeness (QED) is 0.582. The maximum Gasteiger partial charge on any atom is 0.316 e. The molecule has 5 heteroatoms. The molecule has 0 aliphatic heterocycles. The molecule has 2 rings (SSSR count). The fourth-order valence-electron chi connectivity index (χ4n) is 1.90. The van der Waals surface area contributed by atoms with Crippen LogP contribution in [0.5, 0.6) is 0 Å². The lowest BCUT2D eigenvalue weighted by atomic mass is 9.84. The predicted molar refractivity (Wildman–Crippen MR) is 60.1 cm³/mol. The molecule has 0 saturated heterocycles. The minimum atomic E-state index is -0.673. The number of hydrogen-bond donors (Lipinski definition) is 0. The van der Waals surface area contributed by atoms with Crippen LogP contribution in [-0.4, -0.2) is 23.8 Å². The van der Waals surface area contributed by atoms with Crippen LogP contribution < -0.4 is 0 Å². The number of hydrogen-bond acceptors (Lipinski definition) is 4. The Labute approximate surface area is 101 Å². The number of carbonyl (C=O) groups is 2. The summed E-state index contributed by atoms with van der Waals surface area (Å²) in [5.74, 6) is -1.33. The molecule has 1 heterocycles. The highest BCUT2D eigenvalue weighted by atomic mass is 79.9. The van der Waals surface area contributed by atoms with E-state index in [4.69, 9.17) is 0 Å². The van der Waals surface area contributed by atoms with E-state index >= 15 is 0 Å². The van der Waals surface area contributed by atoms with Gasteiger partial charge >= 0.3 is 5.97 Å². The van der Waals surface area contributed by atoms with Gasteiger partial charge in [-0.25, -0.2) is 0 Å². The Hall–Kier alpha value is -1.23. The predicted octanol–water partition coefficient (Wildman–Crippen LogP) is 1.76. The molecule has 0 spiro atoms. The molecule has 16 heavy (non-hydrogen) atoms. The van der Waals surface area contributed by atoms with Gasteiger partial charge in [-0.3, -0.25) is 14.6 Å². The molecule has 84 valence electrons. The minimum Gasteiger partial charge on any atom is -0.468 e. The average molecular weight is 284 g/mol. The number of Topliss-reactive ketones (excluding diaryl/α,β-unsaturated/α-hetero) is 1. The van der Waals surface area contributed by atoms with Crippen molar-refractivity contribution < 1.29 is 14.3 Å². The summed E-state index contributed by atoms with van der Waals surface area (Å²) in [6.45, 7) is 0. The topological polar surface area (TPSA) is 56.3 Å². The zero-order chi connectivity index (χ0) is 11.7. The van der Waals surface area contributed by atoms with Crippen LogP contribution in [0.2, 0.25) is 0 Å². The van der Waals surface area contributed by atoms with Crippen LogP contribution in [0.15, 0.2) is 16.9 Å². The molecule has 4 nitrogen and oxygen atoms in total. The standard InChI is InChI=1S/C11H10BrNO3/c1-16-11(15)7-3-2-6-8(10(7)14)4-13-5-9(6)12/h4-5,7H,2-3H2,1H3/t7-/m1/s1. The summed E-state index contributed by atoms with van der Waals surface area (Å²) in [7, 11) is 1.30. The largest absolute Gasteiger partial charge is 0.468 e. The number of esters is 1. The maximum absolute atomic E-state index is 12.0.